The van der Waals surface area contributed by atoms with Crippen LogP contribution in [0.15, 0.2) is 0 Å². The smallest absolute Gasteiger partial charge is 0.377 e. The maximum absolute atomic E-state index is 12.8. The molecule has 0 bridgehead atoms. The third kappa shape index (κ3) is 9.01. The third-order valence-corrected chi connectivity index (χ3v) is 6.07. The number of aromatic hydroxyl groups is 2. The van der Waals surface area contributed by atoms with E-state index in [2.05, 4.69) is 20.8 Å². The Hall–Kier alpha value is -1.75. The Kier molecular flexibility index (Phi) is 14.9. The van der Waals surface area contributed by atoms with Crippen molar-refractivity contribution in [3.63, 3.8) is 0 Å². The molecular weight excluding hydrogens is 404 g/mol. The molecule has 5 heteroatoms. The molecule has 0 aliphatic carbocycles. The summed E-state index contributed by atoms with van der Waals surface area (Å²) in [5.41, 5.74) is 2.76. The van der Waals surface area contributed by atoms with Gasteiger partial charge >= 0.3 is 5.97 Å². The summed E-state index contributed by atoms with van der Waals surface area (Å²) in [6, 6.07) is 0. The Morgan fingerprint density at radius 3 is 1.56 bits per heavy atom. The van der Waals surface area contributed by atoms with Gasteiger partial charge in [-0.3, -0.25) is 4.89 Å². The lowest BCUT2D eigenvalue weighted by atomic mass is 9.85. The van der Waals surface area contributed by atoms with Gasteiger partial charge in [0.05, 0.1) is 6.61 Å². The highest BCUT2D eigenvalue weighted by Crippen LogP contribution is 2.41. The molecule has 0 radical (unpaired) electrons. The predicted molar refractivity (Wildman–Crippen MR) is 130 cm³/mol. The molecular formula is C27H46O5. The van der Waals surface area contributed by atoms with Crippen molar-refractivity contribution in [3.8, 4) is 11.5 Å². The van der Waals surface area contributed by atoms with Gasteiger partial charge in [0.25, 0.3) is 0 Å². The molecule has 0 unspecified atom stereocenters. The van der Waals surface area contributed by atoms with Gasteiger partial charge in [-0.1, -0.05) is 78.6 Å². The van der Waals surface area contributed by atoms with E-state index in [1.54, 1.807) is 6.92 Å². The fraction of sp³-hybridized carbons (Fsp3) is 0.741. The SMILES string of the molecule is CCCCCCc1c(O)c(O)c(C(=O)OOCC)c(CCCCCC)c1CCCCCC. The Balaban J connectivity index is 3.41. The topological polar surface area (TPSA) is 76.0 Å². The number of hydrogen-bond donors (Lipinski definition) is 2. The monoisotopic (exact) mass is 450 g/mol. The number of hydrogen-bond acceptors (Lipinski definition) is 5. The second-order valence-corrected chi connectivity index (χ2v) is 8.72. The van der Waals surface area contributed by atoms with Crippen LogP contribution in [-0.4, -0.2) is 22.8 Å². The number of phenolic OH excluding ortho intramolecular Hbond substituents is 2. The molecule has 0 atom stereocenters. The molecule has 1 rings (SSSR count). The lowest BCUT2D eigenvalue weighted by molar-refractivity contribution is -0.237. The van der Waals surface area contributed by atoms with Crippen molar-refractivity contribution in [1.29, 1.82) is 0 Å². The van der Waals surface area contributed by atoms with E-state index in [4.69, 9.17) is 9.78 Å². The maximum Gasteiger partial charge on any atom is 0.377 e. The standard InChI is InChI=1S/C27H46O5/c1-5-9-12-15-18-21-22(19-16-13-10-6-2)24(27(30)32-31-8-4)26(29)25(28)23(21)20-17-14-11-7-3/h28-29H,5-20H2,1-4H3. The number of phenols is 2. The zero-order valence-electron chi connectivity index (χ0n) is 20.9. The van der Waals surface area contributed by atoms with Gasteiger partial charge in [-0.15, -0.1) is 0 Å². The zero-order valence-corrected chi connectivity index (χ0v) is 20.9. The highest BCUT2D eigenvalue weighted by molar-refractivity contribution is 5.95. The average molecular weight is 451 g/mol. The highest BCUT2D eigenvalue weighted by Gasteiger charge is 2.28. The van der Waals surface area contributed by atoms with Crippen molar-refractivity contribution in [3.05, 3.63) is 22.3 Å². The fourth-order valence-electron chi connectivity index (χ4n) is 4.29. The molecule has 0 fully saturated rings. The minimum absolute atomic E-state index is 0.0789. The zero-order chi connectivity index (χ0) is 23.8. The second-order valence-electron chi connectivity index (χ2n) is 8.72. The van der Waals surface area contributed by atoms with Crippen molar-refractivity contribution < 1.29 is 24.8 Å². The number of carbonyl (C=O) groups is 1. The molecule has 0 spiro atoms. The van der Waals surface area contributed by atoms with Gasteiger partial charge in [-0.2, -0.15) is 4.89 Å². The molecule has 0 aliphatic rings. The molecule has 1 aromatic carbocycles. The first-order valence-corrected chi connectivity index (χ1v) is 12.9. The van der Waals surface area contributed by atoms with Crippen molar-refractivity contribution in [2.24, 2.45) is 0 Å². The van der Waals surface area contributed by atoms with Crippen molar-refractivity contribution in [2.45, 2.75) is 124 Å². The first-order chi connectivity index (χ1) is 15.5. The van der Waals surface area contributed by atoms with Gasteiger partial charge in [-0.25, -0.2) is 4.79 Å². The summed E-state index contributed by atoms with van der Waals surface area (Å²) >= 11 is 0. The summed E-state index contributed by atoms with van der Waals surface area (Å²) < 4.78 is 0. The second kappa shape index (κ2) is 16.8. The van der Waals surface area contributed by atoms with E-state index in [0.717, 1.165) is 93.7 Å². The van der Waals surface area contributed by atoms with E-state index in [9.17, 15) is 15.0 Å². The maximum atomic E-state index is 12.8. The molecule has 0 heterocycles. The Labute approximate surface area is 195 Å². The highest BCUT2D eigenvalue weighted by atomic mass is 17.2. The quantitative estimate of drug-likeness (QED) is 0.104. The lowest BCUT2D eigenvalue weighted by Gasteiger charge is -2.21. The van der Waals surface area contributed by atoms with Gasteiger partial charge < -0.3 is 10.2 Å². The van der Waals surface area contributed by atoms with E-state index < -0.39 is 5.97 Å². The van der Waals surface area contributed by atoms with Gasteiger partial charge in [-0.05, 0) is 56.6 Å². The minimum atomic E-state index is -0.725. The predicted octanol–water partition coefficient (Wildman–Crippen LogP) is 7.57. The molecule has 0 aliphatic heterocycles. The van der Waals surface area contributed by atoms with Gasteiger partial charge in [0.2, 0.25) is 0 Å². The molecule has 184 valence electrons. The summed E-state index contributed by atoms with van der Waals surface area (Å²) in [5, 5.41) is 21.8. The van der Waals surface area contributed by atoms with Crippen LogP contribution in [0.25, 0.3) is 0 Å². The molecule has 32 heavy (non-hydrogen) atoms. The van der Waals surface area contributed by atoms with Gasteiger partial charge in [0.15, 0.2) is 11.5 Å². The van der Waals surface area contributed by atoms with E-state index in [0.29, 0.717) is 12.8 Å². The normalized spacial score (nSPS) is 11.1. The molecule has 2 N–H and O–H groups in total. The van der Waals surface area contributed by atoms with Crippen LogP contribution < -0.4 is 0 Å². The summed E-state index contributed by atoms with van der Waals surface area (Å²) in [4.78, 5) is 22.6. The van der Waals surface area contributed by atoms with E-state index in [1.807, 2.05) is 0 Å². The molecule has 0 amide bonds. The van der Waals surface area contributed by atoms with E-state index in [-0.39, 0.29) is 23.7 Å². The van der Waals surface area contributed by atoms with Crippen LogP contribution in [0, 0.1) is 0 Å². The average Bonchev–Trinajstić information content (AvgIpc) is 2.79. The van der Waals surface area contributed by atoms with E-state index in [1.165, 1.54) is 6.42 Å². The summed E-state index contributed by atoms with van der Waals surface area (Å²) in [6.07, 6.45) is 15.3. The summed E-state index contributed by atoms with van der Waals surface area (Å²) in [7, 11) is 0. The number of benzene rings is 1. The van der Waals surface area contributed by atoms with Crippen molar-refractivity contribution in [1.82, 2.24) is 0 Å². The van der Waals surface area contributed by atoms with Crippen LogP contribution in [0.2, 0.25) is 0 Å². The molecule has 0 saturated heterocycles. The van der Waals surface area contributed by atoms with Crippen LogP contribution in [0.4, 0.5) is 0 Å². The van der Waals surface area contributed by atoms with Gasteiger partial charge in [0.1, 0.15) is 5.56 Å². The lowest BCUT2D eigenvalue weighted by Crippen LogP contribution is -2.14. The molecule has 5 nitrogen and oxygen atoms in total. The fourth-order valence-corrected chi connectivity index (χ4v) is 4.29. The minimum Gasteiger partial charge on any atom is -0.504 e. The van der Waals surface area contributed by atoms with Crippen LogP contribution in [0.5, 0.6) is 11.5 Å². The Morgan fingerprint density at radius 2 is 1.09 bits per heavy atom. The third-order valence-electron chi connectivity index (χ3n) is 6.07. The molecule has 0 saturated carbocycles. The summed E-state index contributed by atoms with van der Waals surface area (Å²) in [6.45, 7) is 8.49. The summed E-state index contributed by atoms with van der Waals surface area (Å²) in [5.74, 6) is -1.24. The Morgan fingerprint density at radius 1 is 0.625 bits per heavy atom. The van der Waals surface area contributed by atoms with Crippen molar-refractivity contribution >= 4 is 5.97 Å². The van der Waals surface area contributed by atoms with E-state index >= 15 is 0 Å². The Bertz CT molecular complexity index is 669. The van der Waals surface area contributed by atoms with Crippen LogP contribution >= 0.6 is 0 Å². The number of rotatable bonds is 18. The largest absolute Gasteiger partial charge is 0.504 e. The van der Waals surface area contributed by atoms with Gasteiger partial charge in [0, 0.05) is 5.56 Å². The number of carbonyl (C=O) groups excluding carboxylic acids is 1. The number of unbranched alkanes of at least 4 members (excludes halogenated alkanes) is 9. The molecule has 0 aromatic heterocycles. The van der Waals surface area contributed by atoms with Crippen LogP contribution in [0.1, 0.15) is 132 Å². The first-order valence-electron chi connectivity index (χ1n) is 12.9. The van der Waals surface area contributed by atoms with Crippen LogP contribution in [0.3, 0.4) is 0 Å². The molecule has 1 aromatic rings. The van der Waals surface area contributed by atoms with Crippen LogP contribution in [-0.2, 0) is 29.0 Å². The first kappa shape index (κ1) is 28.3. The van der Waals surface area contributed by atoms with Crippen molar-refractivity contribution in [2.75, 3.05) is 6.61 Å².